The number of nitrogens with one attached hydrogen (secondary N) is 1. The summed E-state index contributed by atoms with van der Waals surface area (Å²) in [5.41, 5.74) is 0.499. The number of fused-ring (bicyclic) bond motifs is 1. The van der Waals surface area contributed by atoms with Crippen LogP contribution in [0.1, 0.15) is 17.3 Å². The first-order valence-corrected chi connectivity index (χ1v) is 5.36. The second kappa shape index (κ2) is 4.63. The van der Waals surface area contributed by atoms with Gasteiger partial charge in [-0.1, -0.05) is 0 Å². The third-order valence-electron chi connectivity index (χ3n) is 2.79. The Morgan fingerprint density at radius 3 is 2.65 bits per heavy atom. The Morgan fingerprint density at radius 1 is 1.41 bits per heavy atom. The van der Waals surface area contributed by atoms with Crippen LogP contribution in [-0.2, 0) is 0 Å². The number of ether oxygens (including phenoxy) is 3. The molecule has 0 radical (unpaired) electrons. The first-order valence-electron chi connectivity index (χ1n) is 5.36. The Balaban J connectivity index is 2.42. The van der Waals surface area contributed by atoms with Crippen LogP contribution in [0.15, 0.2) is 12.1 Å². The van der Waals surface area contributed by atoms with E-state index in [1.54, 1.807) is 26.1 Å². The maximum Gasteiger partial charge on any atom is 0.231 e. The molecule has 5 nitrogen and oxygen atoms in total. The van der Waals surface area contributed by atoms with Gasteiger partial charge in [-0.15, -0.1) is 0 Å². The monoisotopic (exact) mass is 237 g/mol. The topological polar surface area (TPSA) is 56.8 Å². The number of benzene rings is 1. The molecular weight excluding hydrogens is 222 g/mol. The zero-order valence-electron chi connectivity index (χ0n) is 10.1. The van der Waals surface area contributed by atoms with Crippen molar-refractivity contribution in [3.8, 4) is 17.2 Å². The Morgan fingerprint density at radius 2 is 2.06 bits per heavy atom. The van der Waals surface area contributed by atoms with E-state index in [9.17, 15) is 4.79 Å². The van der Waals surface area contributed by atoms with Crippen molar-refractivity contribution >= 4 is 5.78 Å². The average Bonchev–Trinajstić information content (AvgIpc) is 2.82. The lowest BCUT2D eigenvalue weighted by molar-refractivity contribution is 0.0951. The van der Waals surface area contributed by atoms with Crippen LogP contribution >= 0.6 is 0 Å². The van der Waals surface area contributed by atoms with Crippen molar-refractivity contribution in [1.82, 2.24) is 5.32 Å². The average molecular weight is 237 g/mol. The molecule has 1 aromatic rings. The van der Waals surface area contributed by atoms with Crippen LogP contribution in [0.5, 0.6) is 17.2 Å². The minimum Gasteiger partial charge on any atom is -0.496 e. The van der Waals surface area contributed by atoms with Gasteiger partial charge in [-0.2, -0.15) is 0 Å². The summed E-state index contributed by atoms with van der Waals surface area (Å²) in [6.45, 7) is 1.98. The van der Waals surface area contributed by atoms with Gasteiger partial charge in [0.05, 0.1) is 18.7 Å². The van der Waals surface area contributed by atoms with Crippen molar-refractivity contribution in [2.45, 2.75) is 13.0 Å². The second-order valence-corrected chi connectivity index (χ2v) is 3.78. The van der Waals surface area contributed by atoms with Crippen LogP contribution in [-0.4, -0.2) is 32.8 Å². The number of carbonyl (C=O) groups excluding carboxylic acids is 1. The van der Waals surface area contributed by atoms with Crippen LogP contribution in [0.25, 0.3) is 0 Å². The number of ketones is 1. The lowest BCUT2D eigenvalue weighted by Gasteiger charge is -2.13. The molecule has 0 saturated heterocycles. The molecule has 0 spiro atoms. The van der Waals surface area contributed by atoms with Crippen molar-refractivity contribution in [1.29, 1.82) is 0 Å². The summed E-state index contributed by atoms with van der Waals surface area (Å²) in [6.07, 6.45) is 0. The van der Waals surface area contributed by atoms with E-state index < -0.39 is 0 Å². The fourth-order valence-electron chi connectivity index (χ4n) is 1.65. The molecule has 2 rings (SSSR count). The maximum absolute atomic E-state index is 12.1. The van der Waals surface area contributed by atoms with Gasteiger partial charge in [0.15, 0.2) is 17.3 Å². The Bertz CT molecular complexity index is 444. The maximum atomic E-state index is 12.1. The zero-order valence-corrected chi connectivity index (χ0v) is 10.1. The van der Waals surface area contributed by atoms with Gasteiger partial charge in [-0.25, -0.2) is 0 Å². The van der Waals surface area contributed by atoms with Crippen molar-refractivity contribution in [3.63, 3.8) is 0 Å². The third-order valence-corrected chi connectivity index (χ3v) is 2.79. The quantitative estimate of drug-likeness (QED) is 0.798. The molecule has 1 aliphatic rings. The van der Waals surface area contributed by atoms with Crippen LogP contribution in [0, 0.1) is 0 Å². The van der Waals surface area contributed by atoms with Crippen molar-refractivity contribution in [3.05, 3.63) is 17.7 Å². The van der Waals surface area contributed by atoms with Crippen LogP contribution in [0.3, 0.4) is 0 Å². The van der Waals surface area contributed by atoms with Crippen LogP contribution in [0.2, 0.25) is 0 Å². The van der Waals surface area contributed by atoms with E-state index in [4.69, 9.17) is 14.2 Å². The lowest BCUT2D eigenvalue weighted by Crippen LogP contribution is -2.30. The summed E-state index contributed by atoms with van der Waals surface area (Å²) in [5.74, 6) is 1.65. The normalized spacial score (nSPS) is 14.5. The molecule has 0 saturated carbocycles. The molecule has 1 N–H and O–H groups in total. The number of hydrogen-bond donors (Lipinski definition) is 1. The SMILES string of the molecule is CN[C@H](C)C(=O)c1cc2c(cc1OC)OCO2. The van der Waals surface area contributed by atoms with Gasteiger partial charge in [0.1, 0.15) is 5.75 Å². The smallest absolute Gasteiger partial charge is 0.231 e. The van der Waals surface area contributed by atoms with E-state index in [2.05, 4.69) is 5.32 Å². The molecule has 1 heterocycles. The predicted molar refractivity (Wildman–Crippen MR) is 62.0 cm³/mol. The van der Waals surface area contributed by atoms with Crippen LogP contribution in [0.4, 0.5) is 0 Å². The summed E-state index contributed by atoms with van der Waals surface area (Å²) in [4.78, 5) is 12.1. The number of carbonyl (C=O) groups is 1. The predicted octanol–water partition coefficient (Wildman–Crippen LogP) is 1.21. The molecule has 0 unspecified atom stereocenters. The van der Waals surface area contributed by atoms with E-state index in [-0.39, 0.29) is 18.6 Å². The zero-order chi connectivity index (χ0) is 12.4. The molecule has 1 atom stereocenters. The van der Waals surface area contributed by atoms with E-state index in [1.165, 1.54) is 7.11 Å². The summed E-state index contributed by atoms with van der Waals surface area (Å²) in [6, 6.07) is 3.07. The molecule has 92 valence electrons. The molecule has 0 aromatic heterocycles. The largest absolute Gasteiger partial charge is 0.496 e. The van der Waals surface area contributed by atoms with Gasteiger partial charge in [0, 0.05) is 6.07 Å². The summed E-state index contributed by atoms with van der Waals surface area (Å²) in [5, 5.41) is 2.91. The molecule has 0 fully saturated rings. The highest BCUT2D eigenvalue weighted by Gasteiger charge is 2.23. The minimum absolute atomic E-state index is 0.0392. The molecular formula is C12H15NO4. The summed E-state index contributed by atoms with van der Waals surface area (Å²) >= 11 is 0. The van der Waals surface area contributed by atoms with Crippen molar-refractivity contribution < 1.29 is 19.0 Å². The first kappa shape index (κ1) is 11.7. The van der Waals surface area contributed by atoms with Gasteiger partial charge < -0.3 is 19.5 Å². The summed E-state index contributed by atoms with van der Waals surface area (Å²) < 4.78 is 15.7. The molecule has 0 aliphatic carbocycles. The van der Waals surface area contributed by atoms with E-state index in [1.807, 2.05) is 0 Å². The van der Waals surface area contributed by atoms with Crippen molar-refractivity contribution in [2.24, 2.45) is 0 Å². The molecule has 0 amide bonds. The Hall–Kier alpha value is -1.75. The molecule has 0 bridgehead atoms. The Labute approximate surface area is 99.7 Å². The van der Waals surface area contributed by atoms with E-state index >= 15 is 0 Å². The minimum atomic E-state index is -0.274. The third kappa shape index (κ3) is 2.06. The van der Waals surface area contributed by atoms with Gasteiger partial charge in [0.25, 0.3) is 0 Å². The first-order chi connectivity index (χ1) is 8.17. The molecule has 5 heteroatoms. The van der Waals surface area contributed by atoms with Gasteiger partial charge >= 0.3 is 0 Å². The highest BCUT2D eigenvalue weighted by Crippen LogP contribution is 2.38. The molecule has 1 aromatic carbocycles. The van der Waals surface area contributed by atoms with E-state index in [0.717, 1.165) is 0 Å². The molecule has 17 heavy (non-hydrogen) atoms. The number of rotatable bonds is 4. The number of likely N-dealkylation sites (N-methyl/N-ethyl adjacent to an activating group) is 1. The number of methoxy groups -OCH3 is 1. The van der Waals surface area contributed by atoms with Crippen LogP contribution < -0.4 is 19.5 Å². The van der Waals surface area contributed by atoms with Gasteiger partial charge in [0.2, 0.25) is 6.79 Å². The highest BCUT2D eigenvalue weighted by atomic mass is 16.7. The highest BCUT2D eigenvalue weighted by molar-refractivity contribution is 6.02. The fraction of sp³-hybridized carbons (Fsp3) is 0.417. The number of Topliss-reactive ketones (excluding diaryl/α,β-unsaturated/α-hetero) is 1. The van der Waals surface area contributed by atoms with Crippen molar-refractivity contribution in [2.75, 3.05) is 21.0 Å². The standard InChI is InChI=1S/C12H15NO4/c1-7(13-2)12(14)8-4-10-11(17-6-16-10)5-9(8)15-3/h4-5,7,13H,6H2,1-3H3/t7-/m1/s1. The fourth-order valence-corrected chi connectivity index (χ4v) is 1.65. The number of hydrogen-bond acceptors (Lipinski definition) is 5. The second-order valence-electron chi connectivity index (χ2n) is 3.78. The van der Waals surface area contributed by atoms with E-state index in [0.29, 0.717) is 22.8 Å². The summed E-state index contributed by atoms with van der Waals surface area (Å²) in [7, 11) is 3.26. The van der Waals surface area contributed by atoms with Gasteiger partial charge in [-0.05, 0) is 20.0 Å². The molecule has 1 aliphatic heterocycles. The van der Waals surface area contributed by atoms with Gasteiger partial charge in [-0.3, -0.25) is 4.79 Å². The lowest BCUT2D eigenvalue weighted by atomic mass is 10.0. The Kier molecular flexibility index (Phi) is 3.19.